The molecule has 0 radical (unpaired) electrons. The summed E-state index contributed by atoms with van der Waals surface area (Å²) in [5.74, 6) is -0.522. The van der Waals surface area contributed by atoms with Crippen LogP contribution in [0.15, 0.2) is 12.2 Å². The van der Waals surface area contributed by atoms with E-state index in [4.69, 9.17) is 4.43 Å². The topological polar surface area (TPSA) is 46.5 Å². The van der Waals surface area contributed by atoms with Gasteiger partial charge in [-0.25, -0.2) is 0 Å². The van der Waals surface area contributed by atoms with E-state index in [1.54, 1.807) is 0 Å². The van der Waals surface area contributed by atoms with Crippen molar-refractivity contribution in [1.29, 1.82) is 0 Å². The Labute approximate surface area is 156 Å². The molecular formula is C21H40O3Si. The van der Waals surface area contributed by atoms with E-state index >= 15 is 0 Å². The Kier molecular flexibility index (Phi) is 7.52. The van der Waals surface area contributed by atoms with Gasteiger partial charge < -0.3 is 9.53 Å². The Morgan fingerprint density at radius 3 is 1.96 bits per heavy atom. The molecule has 1 N–H and O–H groups in total. The van der Waals surface area contributed by atoms with Crippen molar-refractivity contribution in [3.8, 4) is 0 Å². The number of hydrogen-bond donors (Lipinski definition) is 1. The van der Waals surface area contributed by atoms with Crippen LogP contribution in [-0.2, 0) is 9.22 Å². The fourth-order valence-electron chi connectivity index (χ4n) is 5.56. The van der Waals surface area contributed by atoms with E-state index in [9.17, 15) is 9.90 Å². The van der Waals surface area contributed by atoms with E-state index in [0.29, 0.717) is 23.2 Å². The summed E-state index contributed by atoms with van der Waals surface area (Å²) in [7, 11) is -1.95. The lowest BCUT2D eigenvalue weighted by molar-refractivity contribution is -0.154. The Morgan fingerprint density at radius 2 is 1.64 bits per heavy atom. The van der Waals surface area contributed by atoms with Gasteiger partial charge in [-0.05, 0) is 46.9 Å². The number of carboxylic acids is 1. The summed E-state index contributed by atoms with van der Waals surface area (Å²) in [5, 5.41) is 9.97. The minimum Gasteiger partial charge on any atom is -0.481 e. The Morgan fingerprint density at radius 1 is 1.16 bits per heavy atom. The van der Waals surface area contributed by atoms with Gasteiger partial charge in [-0.15, -0.1) is 0 Å². The van der Waals surface area contributed by atoms with Crippen LogP contribution in [0, 0.1) is 17.3 Å². The van der Waals surface area contributed by atoms with Gasteiger partial charge in [-0.2, -0.15) is 0 Å². The third kappa shape index (κ3) is 3.90. The second-order valence-corrected chi connectivity index (χ2v) is 14.6. The van der Waals surface area contributed by atoms with Gasteiger partial charge in [0.15, 0.2) is 0 Å². The van der Waals surface area contributed by atoms with Crippen molar-refractivity contribution in [3.05, 3.63) is 12.2 Å². The highest BCUT2D eigenvalue weighted by molar-refractivity contribution is 6.77. The first-order valence-electron chi connectivity index (χ1n) is 9.99. The van der Waals surface area contributed by atoms with Crippen LogP contribution in [0.4, 0.5) is 0 Å². The largest absolute Gasteiger partial charge is 0.481 e. The number of carboxylic acid groups (broad SMARTS) is 1. The highest BCUT2D eigenvalue weighted by Gasteiger charge is 2.52. The molecule has 0 unspecified atom stereocenters. The predicted octanol–water partition coefficient (Wildman–Crippen LogP) is 6.26. The maximum atomic E-state index is 12.1. The van der Waals surface area contributed by atoms with Gasteiger partial charge >= 0.3 is 5.97 Å². The summed E-state index contributed by atoms with van der Waals surface area (Å²) >= 11 is 0. The highest BCUT2D eigenvalue weighted by Crippen LogP contribution is 2.51. The first kappa shape index (κ1) is 22.4. The summed E-state index contributed by atoms with van der Waals surface area (Å²) in [6.45, 7) is 22.6. The van der Waals surface area contributed by atoms with E-state index in [1.807, 2.05) is 6.92 Å². The lowest BCUT2D eigenvalue weighted by atomic mass is 9.67. The number of hydrogen-bond acceptors (Lipinski definition) is 2. The molecular weight excluding hydrogens is 328 g/mol. The molecule has 0 aromatic carbocycles. The molecule has 1 rings (SSSR count). The molecule has 0 bridgehead atoms. The molecule has 0 aromatic rings. The first-order chi connectivity index (χ1) is 11.4. The van der Waals surface area contributed by atoms with Crippen LogP contribution in [0.2, 0.25) is 16.6 Å². The van der Waals surface area contributed by atoms with Crippen molar-refractivity contribution in [2.24, 2.45) is 17.3 Å². The quantitative estimate of drug-likeness (QED) is 0.386. The van der Waals surface area contributed by atoms with Crippen molar-refractivity contribution in [2.75, 3.05) is 6.61 Å². The van der Waals surface area contributed by atoms with E-state index in [2.05, 4.69) is 55.0 Å². The molecule has 0 spiro atoms. The van der Waals surface area contributed by atoms with Gasteiger partial charge in [-0.1, -0.05) is 68.4 Å². The average molecular weight is 369 g/mol. The fourth-order valence-corrected chi connectivity index (χ4v) is 11.0. The van der Waals surface area contributed by atoms with Crippen LogP contribution in [0.1, 0.15) is 74.7 Å². The summed E-state index contributed by atoms with van der Waals surface area (Å²) in [6.07, 6.45) is 2.74. The third-order valence-corrected chi connectivity index (χ3v) is 13.2. The summed E-state index contributed by atoms with van der Waals surface area (Å²) < 4.78 is 6.66. The zero-order valence-corrected chi connectivity index (χ0v) is 18.7. The second kappa shape index (κ2) is 8.39. The Bertz CT molecular complexity index is 462. The van der Waals surface area contributed by atoms with Crippen molar-refractivity contribution >= 4 is 14.3 Å². The van der Waals surface area contributed by atoms with E-state index in [1.165, 1.54) is 0 Å². The molecule has 1 fully saturated rings. The van der Waals surface area contributed by atoms with Gasteiger partial charge in [-0.3, -0.25) is 4.79 Å². The van der Waals surface area contributed by atoms with Crippen LogP contribution in [0.3, 0.4) is 0 Å². The zero-order valence-electron chi connectivity index (χ0n) is 17.7. The molecule has 0 amide bonds. The molecule has 3 atom stereocenters. The number of carbonyl (C=O) groups is 1. The molecule has 0 saturated heterocycles. The van der Waals surface area contributed by atoms with E-state index < -0.39 is 19.7 Å². The maximum absolute atomic E-state index is 12.1. The lowest BCUT2D eigenvalue weighted by Gasteiger charge is -2.43. The van der Waals surface area contributed by atoms with Crippen molar-refractivity contribution in [1.82, 2.24) is 0 Å². The molecule has 3 nitrogen and oxygen atoms in total. The molecule has 1 saturated carbocycles. The Balaban J connectivity index is 2.99. The minimum absolute atomic E-state index is 0.0549. The molecule has 1 aliphatic rings. The summed E-state index contributed by atoms with van der Waals surface area (Å²) in [4.78, 5) is 12.1. The normalized spacial score (nSPS) is 25.8. The third-order valence-electron chi connectivity index (χ3n) is 7.10. The van der Waals surface area contributed by atoms with Gasteiger partial charge in [0.1, 0.15) is 0 Å². The van der Waals surface area contributed by atoms with Gasteiger partial charge in [0.2, 0.25) is 8.32 Å². The van der Waals surface area contributed by atoms with Crippen LogP contribution in [0.5, 0.6) is 0 Å². The molecule has 0 aromatic heterocycles. The molecule has 4 heteroatoms. The summed E-state index contributed by atoms with van der Waals surface area (Å²) in [5.41, 5.74) is 1.85. The van der Waals surface area contributed by atoms with Crippen molar-refractivity contribution < 1.29 is 14.3 Å². The number of rotatable bonds is 9. The Hall–Kier alpha value is -0.613. The SMILES string of the molecule is C=C(CO[Si](C(C)C)(C(C)C)C(C)C)[C@@H](C)[C@]1(C(=O)O)CCC[C@H]1C. The predicted molar refractivity (Wildman–Crippen MR) is 108 cm³/mol. The standard InChI is InChI=1S/C21H40O3Si/c1-14(2)25(15(3)4,16(5)6)24-13-17(7)19(9)21(20(22)23)12-10-11-18(21)8/h14-16,18-19H,7,10-13H2,1-6,8-9H3,(H,22,23)/t18-,19-,21+/m1/s1. The van der Waals surface area contributed by atoms with E-state index in [-0.39, 0.29) is 11.8 Å². The van der Waals surface area contributed by atoms with Gasteiger partial charge in [0, 0.05) is 0 Å². The van der Waals surface area contributed by atoms with Crippen LogP contribution >= 0.6 is 0 Å². The van der Waals surface area contributed by atoms with E-state index in [0.717, 1.165) is 24.8 Å². The smallest absolute Gasteiger partial charge is 0.310 e. The van der Waals surface area contributed by atoms with Crippen molar-refractivity contribution in [3.63, 3.8) is 0 Å². The van der Waals surface area contributed by atoms with Crippen LogP contribution in [-0.4, -0.2) is 26.0 Å². The highest BCUT2D eigenvalue weighted by atomic mass is 28.4. The molecule has 0 heterocycles. The fraction of sp³-hybridized carbons (Fsp3) is 0.857. The lowest BCUT2D eigenvalue weighted by Crippen LogP contribution is -2.49. The zero-order chi connectivity index (χ0) is 19.6. The molecule has 0 aliphatic heterocycles. The van der Waals surface area contributed by atoms with Gasteiger partial charge in [0.25, 0.3) is 0 Å². The molecule has 25 heavy (non-hydrogen) atoms. The monoisotopic (exact) mass is 368 g/mol. The van der Waals surface area contributed by atoms with Crippen LogP contribution < -0.4 is 0 Å². The maximum Gasteiger partial charge on any atom is 0.310 e. The average Bonchev–Trinajstić information content (AvgIpc) is 2.88. The number of aliphatic carboxylic acids is 1. The van der Waals surface area contributed by atoms with Gasteiger partial charge in [0.05, 0.1) is 12.0 Å². The first-order valence-corrected chi connectivity index (χ1v) is 12.1. The second-order valence-electron chi connectivity index (χ2n) is 9.13. The molecule has 146 valence electrons. The molecule has 1 aliphatic carbocycles. The summed E-state index contributed by atoms with van der Waals surface area (Å²) in [6, 6.07) is 0. The van der Waals surface area contributed by atoms with Crippen LogP contribution in [0.25, 0.3) is 0 Å². The van der Waals surface area contributed by atoms with Crippen molar-refractivity contribution in [2.45, 2.75) is 91.3 Å². The minimum atomic E-state index is -1.95.